The van der Waals surface area contributed by atoms with Gasteiger partial charge >= 0.3 is 0 Å². The highest BCUT2D eigenvalue weighted by molar-refractivity contribution is 5.77. The molecule has 0 radical (unpaired) electrons. The van der Waals surface area contributed by atoms with E-state index in [1.54, 1.807) is 18.2 Å². The normalized spacial score (nSPS) is 21.6. The van der Waals surface area contributed by atoms with Gasteiger partial charge in [-0.2, -0.15) is 0 Å². The molecule has 0 spiro atoms. The summed E-state index contributed by atoms with van der Waals surface area (Å²) in [5, 5.41) is 8.46. The summed E-state index contributed by atoms with van der Waals surface area (Å²) in [6, 6.07) is 7.12. The van der Waals surface area contributed by atoms with Crippen molar-refractivity contribution in [1.29, 1.82) is 0 Å². The number of benzene rings is 1. The molecule has 23 heavy (non-hydrogen) atoms. The Morgan fingerprint density at radius 1 is 1.35 bits per heavy atom. The van der Waals surface area contributed by atoms with Crippen molar-refractivity contribution in [3.8, 4) is 0 Å². The van der Waals surface area contributed by atoms with Crippen LogP contribution in [-0.2, 0) is 16.1 Å². The molecule has 7 nitrogen and oxygen atoms in total. The van der Waals surface area contributed by atoms with Crippen LogP contribution in [0.2, 0.25) is 0 Å². The molecule has 2 aromatic rings. The lowest BCUT2D eigenvalue weighted by Gasteiger charge is -2.36. The van der Waals surface area contributed by atoms with Crippen molar-refractivity contribution >= 4 is 16.8 Å². The van der Waals surface area contributed by atoms with E-state index in [1.807, 2.05) is 24.8 Å². The van der Waals surface area contributed by atoms with Gasteiger partial charge in [-0.3, -0.25) is 9.59 Å². The molecule has 0 saturated carbocycles. The van der Waals surface area contributed by atoms with Crippen LogP contribution in [0.3, 0.4) is 0 Å². The van der Waals surface area contributed by atoms with Crippen LogP contribution < -0.4 is 5.56 Å². The predicted octanol–water partition coefficient (Wildman–Crippen LogP) is 0.817. The lowest BCUT2D eigenvalue weighted by Crippen LogP contribution is -2.50. The minimum absolute atomic E-state index is 0.00880. The number of morpholine rings is 1. The van der Waals surface area contributed by atoms with Crippen molar-refractivity contribution < 1.29 is 9.53 Å². The fraction of sp³-hybridized carbons (Fsp3) is 0.500. The summed E-state index contributed by atoms with van der Waals surface area (Å²) < 4.78 is 6.79. The van der Waals surface area contributed by atoms with Crippen LogP contribution in [0.1, 0.15) is 20.3 Å². The molecule has 122 valence electrons. The van der Waals surface area contributed by atoms with Crippen molar-refractivity contribution in [1.82, 2.24) is 19.9 Å². The van der Waals surface area contributed by atoms with Crippen LogP contribution >= 0.6 is 0 Å². The van der Waals surface area contributed by atoms with E-state index in [-0.39, 0.29) is 36.6 Å². The van der Waals surface area contributed by atoms with Crippen LogP contribution in [0, 0.1) is 0 Å². The van der Waals surface area contributed by atoms with Crippen molar-refractivity contribution in [2.24, 2.45) is 0 Å². The molecule has 0 unspecified atom stereocenters. The predicted molar refractivity (Wildman–Crippen MR) is 85.0 cm³/mol. The average molecular weight is 316 g/mol. The van der Waals surface area contributed by atoms with E-state index < -0.39 is 0 Å². The number of ether oxygens (including phenoxy) is 1. The Morgan fingerprint density at radius 3 is 2.96 bits per heavy atom. The molecule has 2 heterocycles. The Balaban J connectivity index is 1.72. The second kappa shape index (κ2) is 6.45. The highest BCUT2D eigenvalue weighted by Crippen LogP contribution is 2.13. The molecule has 1 amide bonds. The van der Waals surface area contributed by atoms with Gasteiger partial charge in [-0.05, 0) is 26.0 Å². The number of nitrogens with zero attached hydrogens (tertiary/aromatic N) is 4. The Bertz CT molecular complexity index is 773. The van der Waals surface area contributed by atoms with Gasteiger partial charge in [0.15, 0.2) is 0 Å². The summed E-state index contributed by atoms with van der Waals surface area (Å²) in [4.78, 5) is 26.6. The summed E-state index contributed by atoms with van der Waals surface area (Å²) in [7, 11) is 0. The first-order valence-corrected chi connectivity index (χ1v) is 7.80. The van der Waals surface area contributed by atoms with E-state index in [0.29, 0.717) is 24.1 Å². The van der Waals surface area contributed by atoms with E-state index in [9.17, 15) is 9.59 Å². The van der Waals surface area contributed by atoms with E-state index in [2.05, 4.69) is 10.3 Å². The number of rotatable bonds is 3. The first-order valence-electron chi connectivity index (χ1n) is 7.80. The van der Waals surface area contributed by atoms with E-state index in [0.717, 1.165) is 0 Å². The first-order chi connectivity index (χ1) is 11.1. The molecule has 0 N–H and O–H groups in total. The van der Waals surface area contributed by atoms with Gasteiger partial charge in [0.25, 0.3) is 5.56 Å². The van der Waals surface area contributed by atoms with Gasteiger partial charge < -0.3 is 9.64 Å². The lowest BCUT2D eigenvalue weighted by molar-refractivity contribution is -0.143. The number of aromatic nitrogens is 3. The van der Waals surface area contributed by atoms with Crippen LogP contribution in [-0.4, -0.2) is 51.1 Å². The molecular weight excluding hydrogens is 296 g/mol. The third-order valence-corrected chi connectivity index (χ3v) is 4.09. The first kappa shape index (κ1) is 15.6. The highest BCUT2D eigenvalue weighted by atomic mass is 16.5. The maximum Gasteiger partial charge on any atom is 0.277 e. The fourth-order valence-corrected chi connectivity index (χ4v) is 2.77. The number of fused-ring (bicyclic) bond motifs is 1. The Kier molecular flexibility index (Phi) is 4.38. The molecular formula is C16H20N4O3. The topological polar surface area (TPSA) is 77.3 Å². The molecule has 3 rings (SSSR count). The number of hydrogen-bond acceptors (Lipinski definition) is 5. The van der Waals surface area contributed by atoms with Crippen molar-refractivity contribution in [2.75, 3.05) is 13.2 Å². The fourth-order valence-electron chi connectivity index (χ4n) is 2.77. The molecule has 1 fully saturated rings. The molecule has 7 heteroatoms. The van der Waals surface area contributed by atoms with Crippen LogP contribution in [0.5, 0.6) is 0 Å². The lowest BCUT2D eigenvalue weighted by atomic mass is 10.2. The van der Waals surface area contributed by atoms with Crippen molar-refractivity contribution in [3.05, 3.63) is 34.6 Å². The zero-order valence-corrected chi connectivity index (χ0v) is 13.3. The van der Waals surface area contributed by atoms with Gasteiger partial charge in [-0.25, -0.2) is 4.68 Å². The standard InChI is InChI=1S/C16H20N4O3/c1-11-10-23-12(2)9-19(11)15(21)7-8-20-16(22)13-5-3-4-6-14(13)17-18-20/h3-6,11-12H,7-10H2,1-2H3/t11-,12-/m1/s1. The summed E-state index contributed by atoms with van der Waals surface area (Å²) >= 11 is 0. The minimum Gasteiger partial charge on any atom is -0.375 e. The number of amides is 1. The van der Waals surface area contributed by atoms with Gasteiger partial charge in [0.05, 0.1) is 30.7 Å². The molecule has 1 aliphatic rings. The second-order valence-electron chi connectivity index (χ2n) is 5.92. The summed E-state index contributed by atoms with van der Waals surface area (Å²) in [5.74, 6) is 0.00880. The summed E-state index contributed by atoms with van der Waals surface area (Å²) in [6.07, 6.45) is 0.266. The molecule has 0 bridgehead atoms. The second-order valence-corrected chi connectivity index (χ2v) is 5.92. The molecule has 1 aromatic heterocycles. The minimum atomic E-state index is -0.216. The largest absolute Gasteiger partial charge is 0.375 e. The average Bonchev–Trinajstić information content (AvgIpc) is 2.56. The Morgan fingerprint density at radius 2 is 2.13 bits per heavy atom. The van der Waals surface area contributed by atoms with Gasteiger partial charge in [-0.15, -0.1) is 5.10 Å². The number of carbonyl (C=O) groups excluding carboxylic acids is 1. The highest BCUT2D eigenvalue weighted by Gasteiger charge is 2.27. The summed E-state index contributed by atoms with van der Waals surface area (Å²) in [6.45, 7) is 5.27. The van der Waals surface area contributed by atoms with E-state index >= 15 is 0 Å². The van der Waals surface area contributed by atoms with Crippen LogP contribution in [0.4, 0.5) is 0 Å². The third-order valence-electron chi connectivity index (χ3n) is 4.09. The SMILES string of the molecule is C[C@@H]1CN(C(=O)CCn2nnc3ccccc3c2=O)[C@H](C)CO1. The Hall–Kier alpha value is -2.28. The molecule has 2 atom stereocenters. The van der Waals surface area contributed by atoms with Gasteiger partial charge in [0.2, 0.25) is 5.91 Å². The summed E-state index contributed by atoms with van der Waals surface area (Å²) in [5.41, 5.74) is 0.350. The van der Waals surface area contributed by atoms with Gasteiger partial charge in [0, 0.05) is 13.0 Å². The van der Waals surface area contributed by atoms with E-state index in [1.165, 1.54) is 4.68 Å². The van der Waals surface area contributed by atoms with Gasteiger partial charge in [-0.1, -0.05) is 17.3 Å². The van der Waals surface area contributed by atoms with Crippen molar-refractivity contribution in [3.63, 3.8) is 0 Å². The van der Waals surface area contributed by atoms with Gasteiger partial charge in [0.1, 0.15) is 5.52 Å². The number of aryl methyl sites for hydroxylation is 1. The maximum absolute atomic E-state index is 12.4. The number of hydrogen-bond donors (Lipinski definition) is 0. The zero-order chi connectivity index (χ0) is 16.4. The van der Waals surface area contributed by atoms with Crippen LogP contribution in [0.25, 0.3) is 10.9 Å². The maximum atomic E-state index is 12.4. The zero-order valence-electron chi connectivity index (χ0n) is 13.3. The smallest absolute Gasteiger partial charge is 0.277 e. The quantitative estimate of drug-likeness (QED) is 0.838. The number of carbonyl (C=O) groups is 1. The van der Waals surface area contributed by atoms with Crippen LogP contribution in [0.15, 0.2) is 29.1 Å². The Labute approximate surface area is 133 Å². The monoisotopic (exact) mass is 316 g/mol. The third kappa shape index (κ3) is 3.24. The van der Waals surface area contributed by atoms with Crippen molar-refractivity contribution in [2.45, 2.75) is 39.0 Å². The van der Waals surface area contributed by atoms with E-state index in [4.69, 9.17) is 4.74 Å². The molecule has 0 aliphatic carbocycles. The molecule has 1 aliphatic heterocycles. The molecule has 1 saturated heterocycles. The molecule has 1 aromatic carbocycles.